The molecule has 1 aromatic carbocycles. The van der Waals surface area contributed by atoms with Crippen LogP contribution in [-0.4, -0.2) is 14.8 Å². The summed E-state index contributed by atoms with van der Waals surface area (Å²) in [5.41, 5.74) is 4.02. The Labute approximate surface area is 174 Å². The lowest BCUT2D eigenvalue weighted by atomic mass is 9.88. The third-order valence-electron chi connectivity index (χ3n) is 5.06. The molecule has 1 aliphatic rings. The van der Waals surface area contributed by atoms with Crippen LogP contribution in [0.25, 0.3) is 11.4 Å². The molecule has 27 heavy (non-hydrogen) atoms. The quantitative estimate of drug-likeness (QED) is 0.429. The number of benzene rings is 1. The lowest BCUT2D eigenvalue weighted by molar-refractivity contribution is 0.508. The van der Waals surface area contributed by atoms with Gasteiger partial charge in [0.2, 0.25) is 0 Å². The number of nitrogens with zero attached hydrogens (tertiary/aromatic N) is 3. The Morgan fingerprint density at radius 3 is 3.04 bits per heavy atom. The summed E-state index contributed by atoms with van der Waals surface area (Å²) in [6.45, 7) is 5.51. The monoisotopic (exact) mass is 417 g/mol. The van der Waals surface area contributed by atoms with Crippen LogP contribution in [-0.2, 0) is 25.1 Å². The first-order valence-corrected chi connectivity index (χ1v) is 11.8. The minimum absolute atomic E-state index is 0.781. The topological polar surface area (TPSA) is 30.7 Å². The maximum Gasteiger partial charge on any atom is 0.191 e. The van der Waals surface area contributed by atoms with Crippen molar-refractivity contribution in [2.45, 2.75) is 57.0 Å². The van der Waals surface area contributed by atoms with Crippen LogP contribution in [0.5, 0.6) is 0 Å². The second-order valence-electron chi connectivity index (χ2n) is 7.28. The second kappa shape index (κ2) is 8.38. The Hall–Kier alpha value is -1.30. The average molecular weight is 418 g/mol. The molecule has 3 aromatic rings. The smallest absolute Gasteiger partial charge is 0.191 e. The molecule has 0 fully saturated rings. The van der Waals surface area contributed by atoms with Crippen LogP contribution in [0.4, 0.5) is 0 Å². The number of rotatable bonds is 6. The van der Waals surface area contributed by atoms with E-state index < -0.39 is 0 Å². The normalized spacial score (nSPS) is 16.5. The van der Waals surface area contributed by atoms with Crippen LogP contribution < -0.4 is 0 Å². The zero-order chi connectivity index (χ0) is 18.8. The molecule has 0 saturated heterocycles. The Bertz CT molecular complexity index is 931. The van der Waals surface area contributed by atoms with Crippen molar-refractivity contribution < 1.29 is 0 Å². The number of halogens is 1. The average Bonchev–Trinajstić information content (AvgIpc) is 3.24. The summed E-state index contributed by atoms with van der Waals surface area (Å²) in [4.78, 5) is 1.54. The standard InChI is InChI=1S/C21H24ClN3S2/c1-3-9-25-20(18-13-26-19-10-14(2)7-8-17(18)19)23-24-21(25)27-12-15-5-4-6-16(22)11-15/h4-6,11,13-14H,3,7-10,12H2,1-2H3. The molecular formula is C21H24ClN3S2. The Kier molecular flexibility index (Phi) is 5.90. The van der Waals surface area contributed by atoms with E-state index in [2.05, 4.69) is 40.1 Å². The Morgan fingerprint density at radius 1 is 1.33 bits per heavy atom. The first-order chi connectivity index (χ1) is 13.2. The predicted molar refractivity (Wildman–Crippen MR) is 116 cm³/mol. The van der Waals surface area contributed by atoms with Crippen molar-refractivity contribution in [1.29, 1.82) is 0 Å². The molecule has 4 rings (SSSR count). The highest BCUT2D eigenvalue weighted by molar-refractivity contribution is 7.98. The number of aromatic nitrogens is 3. The molecule has 3 nitrogen and oxygen atoms in total. The molecule has 0 amide bonds. The van der Waals surface area contributed by atoms with Gasteiger partial charge in [-0.3, -0.25) is 0 Å². The van der Waals surface area contributed by atoms with Crippen molar-refractivity contribution in [2.75, 3.05) is 0 Å². The predicted octanol–water partition coefficient (Wildman–Crippen LogP) is 6.49. The van der Waals surface area contributed by atoms with E-state index in [0.29, 0.717) is 0 Å². The Balaban J connectivity index is 1.61. The van der Waals surface area contributed by atoms with Gasteiger partial charge in [0.1, 0.15) is 0 Å². The van der Waals surface area contributed by atoms with Gasteiger partial charge in [0.15, 0.2) is 11.0 Å². The SMILES string of the molecule is CCCn1c(SCc2cccc(Cl)c2)nnc1-c1csc2c1CCC(C)C2. The molecular weight excluding hydrogens is 394 g/mol. The van der Waals surface area contributed by atoms with Crippen molar-refractivity contribution in [3.8, 4) is 11.4 Å². The molecule has 0 bridgehead atoms. The molecule has 0 saturated carbocycles. The van der Waals surface area contributed by atoms with E-state index in [1.165, 1.54) is 36.0 Å². The van der Waals surface area contributed by atoms with Gasteiger partial charge in [0.05, 0.1) is 0 Å². The minimum atomic E-state index is 0.781. The summed E-state index contributed by atoms with van der Waals surface area (Å²) in [6.07, 6.45) is 4.71. The zero-order valence-corrected chi connectivity index (χ0v) is 18.1. The first-order valence-electron chi connectivity index (χ1n) is 9.55. The highest BCUT2D eigenvalue weighted by atomic mass is 35.5. The second-order valence-corrected chi connectivity index (χ2v) is 9.62. The van der Waals surface area contributed by atoms with E-state index in [1.54, 1.807) is 16.6 Å². The molecule has 0 spiro atoms. The molecule has 1 unspecified atom stereocenters. The highest BCUT2D eigenvalue weighted by Crippen LogP contribution is 2.38. The molecule has 2 heterocycles. The molecule has 6 heteroatoms. The van der Waals surface area contributed by atoms with Crippen LogP contribution in [0.3, 0.4) is 0 Å². The van der Waals surface area contributed by atoms with Gasteiger partial charge >= 0.3 is 0 Å². The van der Waals surface area contributed by atoms with E-state index in [9.17, 15) is 0 Å². The van der Waals surface area contributed by atoms with E-state index >= 15 is 0 Å². The van der Waals surface area contributed by atoms with Crippen molar-refractivity contribution in [3.05, 3.63) is 50.7 Å². The van der Waals surface area contributed by atoms with E-state index in [0.717, 1.165) is 40.6 Å². The summed E-state index contributed by atoms with van der Waals surface area (Å²) in [5, 5.41) is 13.2. The van der Waals surface area contributed by atoms with Gasteiger partial charge in [0, 0.05) is 33.1 Å². The third-order valence-corrected chi connectivity index (χ3v) is 7.39. The van der Waals surface area contributed by atoms with Gasteiger partial charge in [-0.2, -0.15) is 0 Å². The number of hydrogen-bond donors (Lipinski definition) is 0. The van der Waals surface area contributed by atoms with Crippen LogP contribution in [0.15, 0.2) is 34.8 Å². The fourth-order valence-corrected chi connectivity index (χ4v) is 6.02. The molecule has 0 N–H and O–H groups in total. The molecule has 2 aromatic heterocycles. The fraction of sp³-hybridized carbons (Fsp3) is 0.429. The fourth-order valence-electron chi connectivity index (χ4n) is 3.66. The maximum atomic E-state index is 6.12. The van der Waals surface area contributed by atoms with Gasteiger partial charge in [-0.25, -0.2) is 0 Å². The van der Waals surface area contributed by atoms with Gasteiger partial charge in [-0.05, 0) is 54.9 Å². The third kappa shape index (κ3) is 4.10. The lowest BCUT2D eigenvalue weighted by Crippen LogP contribution is -2.10. The van der Waals surface area contributed by atoms with Crippen LogP contribution >= 0.6 is 34.7 Å². The largest absolute Gasteiger partial charge is 0.302 e. The van der Waals surface area contributed by atoms with Gasteiger partial charge in [-0.1, -0.05) is 49.3 Å². The van der Waals surface area contributed by atoms with Crippen molar-refractivity contribution >= 4 is 34.7 Å². The summed E-state index contributed by atoms with van der Waals surface area (Å²) in [5.74, 6) is 2.68. The molecule has 1 atom stereocenters. The number of fused-ring (bicyclic) bond motifs is 1. The Morgan fingerprint density at radius 2 is 2.22 bits per heavy atom. The number of thioether (sulfide) groups is 1. The van der Waals surface area contributed by atoms with Crippen molar-refractivity contribution in [2.24, 2.45) is 5.92 Å². The van der Waals surface area contributed by atoms with Gasteiger partial charge < -0.3 is 4.57 Å². The first kappa shape index (κ1) is 19.0. The molecule has 0 radical (unpaired) electrons. The highest BCUT2D eigenvalue weighted by Gasteiger charge is 2.24. The van der Waals surface area contributed by atoms with Crippen molar-refractivity contribution in [3.63, 3.8) is 0 Å². The lowest BCUT2D eigenvalue weighted by Gasteiger charge is -2.19. The zero-order valence-electron chi connectivity index (χ0n) is 15.7. The van der Waals surface area contributed by atoms with E-state index in [-0.39, 0.29) is 0 Å². The minimum Gasteiger partial charge on any atom is -0.302 e. The van der Waals surface area contributed by atoms with Crippen LogP contribution in [0, 0.1) is 5.92 Å². The summed E-state index contributed by atoms with van der Waals surface area (Å²) < 4.78 is 2.30. The summed E-state index contributed by atoms with van der Waals surface area (Å²) in [7, 11) is 0. The van der Waals surface area contributed by atoms with E-state index in [1.807, 2.05) is 29.5 Å². The van der Waals surface area contributed by atoms with Gasteiger partial charge in [0.25, 0.3) is 0 Å². The maximum absolute atomic E-state index is 6.12. The van der Waals surface area contributed by atoms with Crippen LogP contribution in [0.1, 0.15) is 42.7 Å². The summed E-state index contributed by atoms with van der Waals surface area (Å²) >= 11 is 9.75. The van der Waals surface area contributed by atoms with Crippen LogP contribution in [0.2, 0.25) is 5.02 Å². The van der Waals surface area contributed by atoms with Gasteiger partial charge in [-0.15, -0.1) is 21.5 Å². The molecule has 0 aliphatic heterocycles. The van der Waals surface area contributed by atoms with Crippen molar-refractivity contribution in [1.82, 2.24) is 14.8 Å². The molecule has 1 aliphatic carbocycles. The number of thiophene rings is 1. The summed E-state index contributed by atoms with van der Waals surface area (Å²) in [6, 6.07) is 8.04. The number of hydrogen-bond acceptors (Lipinski definition) is 4. The van der Waals surface area contributed by atoms with E-state index in [4.69, 9.17) is 11.6 Å². The molecule has 142 valence electrons.